The number of rotatable bonds is 2. The number of anilines is 2. The lowest BCUT2D eigenvalue weighted by molar-refractivity contribution is 0.154. The van der Waals surface area contributed by atoms with Crippen molar-refractivity contribution in [2.75, 3.05) is 30.0 Å². The number of amides is 2. The van der Waals surface area contributed by atoms with E-state index in [0.29, 0.717) is 23.9 Å². The van der Waals surface area contributed by atoms with Crippen LogP contribution in [0.5, 0.6) is 0 Å². The second-order valence-electron chi connectivity index (χ2n) is 5.62. The number of benzene rings is 1. The first-order chi connectivity index (χ1) is 11.1. The average molecular weight is 335 g/mol. The molecule has 7 heteroatoms. The number of hydrogen-bond acceptors (Lipinski definition) is 4. The third-order valence-electron chi connectivity index (χ3n) is 3.89. The van der Waals surface area contributed by atoms with Crippen LogP contribution in [0.3, 0.4) is 0 Å². The number of aliphatic hydroxyl groups excluding tert-OH is 1. The minimum Gasteiger partial charge on any atom is -0.391 e. The monoisotopic (exact) mass is 334 g/mol. The van der Waals surface area contributed by atoms with Gasteiger partial charge in [0.05, 0.1) is 17.5 Å². The SMILES string of the molecule is O=C(Nc1cc(Cl)ccc1N1CCCC(O)C1)N1C=CC=NC1. The largest absolute Gasteiger partial charge is 0.391 e. The topological polar surface area (TPSA) is 68.2 Å². The van der Waals surface area contributed by atoms with E-state index in [4.69, 9.17) is 11.6 Å². The standard InChI is InChI=1S/C16H19ClN4O2/c17-12-4-5-15(20-7-1-3-13(22)10-20)14(9-12)19-16(23)21-8-2-6-18-11-21/h2,4-6,8-9,13,22H,1,3,7,10-11H2,(H,19,23). The van der Waals surface area contributed by atoms with Gasteiger partial charge in [-0.25, -0.2) is 4.79 Å². The van der Waals surface area contributed by atoms with Crippen molar-refractivity contribution in [2.24, 2.45) is 4.99 Å². The molecule has 0 spiro atoms. The maximum Gasteiger partial charge on any atom is 0.327 e. The van der Waals surface area contributed by atoms with Gasteiger partial charge < -0.3 is 15.3 Å². The van der Waals surface area contributed by atoms with E-state index in [1.807, 2.05) is 6.07 Å². The van der Waals surface area contributed by atoms with Crippen molar-refractivity contribution in [1.29, 1.82) is 0 Å². The Morgan fingerprint density at radius 1 is 1.43 bits per heavy atom. The lowest BCUT2D eigenvalue weighted by Gasteiger charge is -2.33. The third kappa shape index (κ3) is 3.83. The first kappa shape index (κ1) is 15.8. The molecule has 2 aliphatic heterocycles. The molecule has 0 aliphatic carbocycles. The van der Waals surface area contributed by atoms with Gasteiger partial charge >= 0.3 is 6.03 Å². The third-order valence-corrected chi connectivity index (χ3v) is 4.12. The van der Waals surface area contributed by atoms with Crippen LogP contribution in [0.2, 0.25) is 5.02 Å². The summed E-state index contributed by atoms with van der Waals surface area (Å²) in [4.78, 5) is 20.0. The van der Waals surface area contributed by atoms with Crippen molar-refractivity contribution in [1.82, 2.24) is 4.90 Å². The van der Waals surface area contributed by atoms with Gasteiger partial charge in [0.1, 0.15) is 6.67 Å². The number of nitrogens with zero attached hydrogens (tertiary/aromatic N) is 3. The van der Waals surface area contributed by atoms with E-state index in [1.165, 1.54) is 4.90 Å². The number of urea groups is 1. The van der Waals surface area contributed by atoms with Gasteiger partial charge in [-0.15, -0.1) is 0 Å². The lowest BCUT2D eigenvalue weighted by Crippen LogP contribution is -2.39. The number of piperidine rings is 1. The number of halogens is 1. The predicted molar refractivity (Wildman–Crippen MR) is 92.3 cm³/mol. The van der Waals surface area contributed by atoms with E-state index in [-0.39, 0.29) is 12.1 Å². The van der Waals surface area contributed by atoms with E-state index in [0.717, 1.165) is 25.1 Å². The molecule has 1 aromatic rings. The van der Waals surface area contributed by atoms with Gasteiger partial charge in [0.25, 0.3) is 0 Å². The second-order valence-corrected chi connectivity index (χ2v) is 6.05. The van der Waals surface area contributed by atoms with E-state index in [9.17, 15) is 9.90 Å². The summed E-state index contributed by atoms with van der Waals surface area (Å²) >= 11 is 6.08. The molecule has 1 saturated heterocycles. The summed E-state index contributed by atoms with van der Waals surface area (Å²) in [6, 6.07) is 5.13. The molecule has 2 heterocycles. The summed E-state index contributed by atoms with van der Waals surface area (Å²) < 4.78 is 0. The van der Waals surface area contributed by atoms with Crippen molar-refractivity contribution in [3.63, 3.8) is 0 Å². The van der Waals surface area contributed by atoms with Crippen LogP contribution in [0.4, 0.5) is 16.2 Å². The summed E-state index contributed by atoms with van der Waals surface area (Å²) in [6.45, 7) is 1.69. The van der Waals surface area contributed by atoms with Crippen LogP contribution in [-0.4, -0.2) is 48.1 Å². The second kappa shape index (κ2) is 7.02. The number of nitrogens with one attached hydrogen (secondary N) is 1. The normalized spacial score (nSPS) is 20.7. The van der Waals surface area contributed by atoms with Crippen LogP contribution in [0, 0.1) is 0 Å². The number of aliphatic imine (C=N–C) groups is 1. The number of carbonyl (C=O) groups is 1. The van der Waals surface area contributed by atoms with E-state index in [1.54, 1.807) is 30.6 Å². The molecule has 0 radical (unpaired) electrons. The molecular weight excluding hydrogens is 316 g/mol. The maximum absolute atomic E-state index is 12.4. The Labute approximate surface area is 140 Å². The number of β-amino-alcohol motifs (C(OH)–C–C–N with tert-alkyl or cyclic N) is 1. The fourth-order valence-corrected chi connectivity index (χ4v) is 2.93. The van der Waals surface area contributed by atoms with Gasteiger partial charge in [0.15, 0.2) is 0 Å². The van der Waals surface area contributed by atoms with Crippen molar-refractivity contribution in [2.45, 2.75) is 18.9 Å². The Balaban J connectivity index is 1.80. The zero-order valence-electron chi connectivity index (χ0n) is 12.7. The molecular formula is C16H19ClN4O2. The quantitative estimate of drug-likeness (QED) is 0.873. The molecule has 122 valence electrons. The van der Waals surface area contributed by atoms with Crippen LogP contribution in [-0.2, 0) is 0 Å². The van der Waals surface area contributed by atoms with Crippen molar-refractivity contribution >= 4 is 35.2 Å². The number of carbonyl (C=O) groups excluding carboxylic acids is 1. The molecule has 23 heavy (non-hydrogen) atoms. The molecule has 0 saturated carbocycles. The van der Waals surface area contributed by atoms with Crippen molar-refractivity contribution < 1.29 is 9.90 Å². The fraction of sp³-hybridized carbons (Fsp3) is 0.375. The highest BCUT2D eigenvalue weighted by atomic mass is 35.5. The molecule has 2 amide bonds. The number of aliphatic hydroxyl groups is 1. The van der Waals surface area contributed by atoms with Crippen LogP contribution in [0.1, 0.15) is 12.8 Å². The van der Waals surface area contributed by atoms with Gasteiger partial charge in [0, 0.05) is 30.5 Å². The molecule has 1 aromatic carbocycles. The molecule has 0 bridgehead atoms. The zero-order chi connectivity index (χ0) is 16.2. The highest BCUT2D eigenvalue weighted by molar-refractivity contribution is 6.31. The maximum atomic E-state index is 12.4. The fourth-order valence-electron chi connectivity index (χ4n) is 2.76. The van der Waals surface area contributed by atoms with Gasteiger partial charge in [-0.1, -0.05) is 11.6 Å². The zero-order valence-corrected chi connectivity index (χ0v) is 13.4. The predicted octanol–water partition coefficient (Wildman–Crippen LogP) is 2.69. The van der Waals surface area contributed by atoms with Gasteiger partial charge in [-0.2, -0.15) is 0 Å². The first-order valence-corrected chi connectivity index (χ1v) is 7.98. The minimum absolute atomic E-state index is 0.265. The van der Waals surface area contributed by atoms with Crippen molar-refractivity contribution in [3.8, 4) is 0 Å². The lowest BCUT2D eigenvalue weighted by atomic mass is 10.1. The highest BCUT2D eigenvalue weighted by Gasteiger charge is 2.22. The molecule has 2 N–H and O–H groups in total. The van der Waals surface area contributed by atoms with Crippen LogP contribution in [0.15, 0.2) is 35.5 Å². The number of allylic oxidation sites excluding steroid dienone is 1. The van der Waals surface area contributed by atoms with Crippen LogP contribution >= 0.6 is 11.6 Å². The Kier molecular flexibility index (Phi) is 4.83. The Morgan fingerprint density at radius 2 is 2.30 bits per heavy atom. The molecule has 1 unspecified atom stereocenters. The molecule has 1 atom stereocenters. The van der Waals surface area contributed by atoms with E-state index in [2.05, 4.69) is 15.2 Å². The molecule has 6 nitrogen and oxygen atoms in total. The molecule has 1 fully saturated rings. The van der Waals surface area contributed by atoms with Gasteiger partial charge in [0.2, 0.25) is 0 Å². The smallest absolute Gasteiger partial charge is 0.327 e. The van der Waals surface area contributed by atoms with Gasteiger partial charge in [-0.3, -0.25) is 9.89 Å². The molecule has 3 rings (SSSR count). The Morgan fingerprint density at radius 3 is 3.04 bits per heavy atom. The average Bonchev–Trinajstić information content (AvgIpc) is 2.56. The van der Waals surface area contributed by atoms with E-state index < -0.39 is 0 Å². The minimum atomic E-state index is -0.345. The first-order valence-electron chi connectivity index (χ1n) is 7.60. The van der Waals surface area contributed by atoms with E-state index >= 15 is 0 Å². The summed E-state index contributed by atoms with van der Waals surface area (Å²) in [6.07, 6.45) is 6.43. The van der Waals surface area contributed by atoms with Crippen molar-refractivity contribution in [3.05, 3.63) is 35.5 Å². The van der Waals surface area contributed by atoms with Crippen LogP contribution < -0.4 is 10.2 Å². The number of hydrogen-bond donors (Lipinski definition) is 2. The molecule has 0 aromatic heterocycles. The Bertz CT molecular complexity index is 647. The van der Waals surface area contributed by atoms with Crippen LogP contribution in [0.25, 0.3) is 0 Å². The summed E-state index contributed by atoms with van der Waals surface area (Å²) in [5.41, 5.74) is 1.51. The van der Waals surface area contributed by atoms with Gasteiger partial charge in [-0.05, 0) is 37.1 Å². The summed E-state index contributed by atoms with van der Waals surface area (Å²) in [7, 11) is 0. The summed E-state index contributed by atoms with van der Waals surface area (Å²) in [5.74, 6) is 0. The summed E-state index contributed by atoms with van der Waals surface area (Å²) in [5, 5.41) is 13.3. The highest BCUT2D eigenvalue weighted by Crippen LogP contribution is 2.31. The Hall–Kier alpha value is -2.05. The molecule has 2 aliphatic rings.